The van der Waals surface area contributed by atoms with Crippen LogP contribution in [0, 0.1) is 5.92 Å². The first-order valence-electron chi connectivity index (χ1n) is 8.00. The molecule has 6 nitrogen and oxygen atoms in total. The van der Waals surface area contributed by atoms with E-state index in [9.17, 15) is 9.59 Å². The molecular weight excluding hydrogens is 294 g/mol. The monoisotopic (exact) mass is 319 g/mol. The summed E-state index contributed by atoms with van der Waals surface area (Å²) >= 11 is 0. The molecule has 1 saturated heterocycles. The van der Waals surface area contributed by atoms with Gasteiger partial charge in [0.15, 0.2) is 0 Å². The maximum absolute atomic E-state index is 12.2. The second-order valence-electron chi connectivity index (χ2n) is 5.81. The minimum Gasteiger partial charge on any atom is -0.497 e. The lowest BCUT2D eigenvalue weighted by Gasteiger charge is -2.18. The summed E-state index contributed by atoms with van der Waals surface area (Å²) in [5, 5.41) is 6.16. The average molecular weight is 319 g/mol. The molecule has 1 aromatic carbocycles. The van der Waals surface area contributed by atoms with Crippen molar-refractivity contribution in [3.63, 3.8) is 0 Å². The average Bonchev–Trinajstić information content (AvgIpc) is 2.95. The Hall–Kier alpha value is -2.08. The molecule has 2 amide bonds. The molecule has 0 radical (unpaired) electrons. The Labute approximate surface area is 137 Å². The van der Waals surface area contributed by atoms with Crippen molar-refractivity contribution in [1.29, 1.82) is 0 Å². The zero-order valence-electron chi connectivity index (χ0n) is 14.0. The molecule has 1 aliphatic rings. The van der Waals surface area contributed by atoms with Gasteiger partial charge in [0.05, 0.1) is 13.0 Å². The number of carbonyl (C=O) groups is 2. The SMILES string of the molecule is CCN[C@H](C)CNC(=O)C1CC(=O)N(c2ccc(OC)cc2)C1. The lowest BCUT2D eigenvalue weighted by molar-refractivity contribution is -0.126. The Bertz CT molecular complexity index is 545. The van der Waals surface area contributed by atoms with Crippen LogP contribution in [0.15, 0.2) is 24.3 Å². The van der Waals surface area contributed by atoms with E-state index in [1.807, 2.05) is 38.1 Å². The molecule has 1 aromatic rings. The Morgan fingerprint density at radius 2 is 2.09 bits per heavy atom. The fourth-order valence-corrected chi connectivity index (χ4v) is 2.71. The molecule has 0 aromatic heterocycles. The smallest absolute Gasteiger partial charge is 0.227 e. The van der Waals surface area contributed by atoms with Gasteiger partial charge in [-0.2, -0.15) is 0 Å². The van der Waals surface area contributed by atoms with E-state index in [-0.39, 0.29) is 30.2 Å². The van der Waals surface area contributed by atoms with Crippen molar-refractivity contribution in [2.24, 2.45) is 5.92 Å². The van der Waals surface area contributed by atoms with Crippen LogP contribution >= 0.6 is 0 Å². The molecule has 23 heavy (non-hydrogen) atoms. The highest BCUT2D eigenvalue weighted by Crippen LogP contribution is 2.26. The molecule has 2 atom stereocenters. The van der Waals surface area contributed by atoms with Gasteiger partial charge in [0.1, 0.15) is 5.75 Å². The van der Waals surface area contributed by atoms with Gasteiger partial charge in [-0.05, 0) is 37.7 Å². The van der Waals surface area contributed by atoms with Gasteiger partial charge in [-0.3, -0.25) is 9.59 Å². The van der Waals surface area contributed by atoms with E-state index in [0.717, 1.165) is 18.0 Å². The normalized spacial score (nSPS) is 18.8. The Kier molecular flexibility index (Phi) is 5.98. The number of benzene rings is 1. The lowest BCUT2D eigenvalue weighted by Crippen LogP contribution is -2.41. The van der Waals surface area contributed by atoms with E-state index in [1.165, 1.54) is 0 Å². The van der Waals surface area contributed by atoms with Crippen LogP contribution < -0.4 is 20.3 Å². The van der Waals surface area contributed by atoms with E-state index in [2.05, 4.69) is 10.6 Å². The molecule has 2 N–H and O–H groups in total. The Morgan fingerprint density at radius 1 is 1.39 bits per heavy atom. The number of nitrogens with one attached hydrogen (secondary N) is 2. The molecule has 0 saturated carbocycles. The topological polar surface area (TPSA) is 70.7 Å². The largest absolute Gasteiger partial charge is 0.497 e. The molecule has 126 valence electrons. The Balaban J connectivity index is 1.92. The molecule has 0 bridgehead atoms. The number of amides is 2. The van der Waals surface area contributed by atoms with Crippen LogP contribution in [0.2, 0.25) is 0 Å². The number of hydrogen-bond donors (Lipinski definition) is 2. The summed E-state index contributed by atoms with van der Waals surface area (Å²) in [6.45, 7) is 5.91. The third-order valence-corrected chi connectivity index (χ3v) is 4.01. The minimum atomic E-state index is -0.293. The van der Waals surface area contributed by atoms with Crippen LogP contribution in [0.4, 0.5) is 5.69 Å². The van der Waals surface area contributed by atoms with Crippen molar-refractivity contribution < 1.29 is 14.3 Å². The number of nitrogens with zero attached hydrogens (tertiary/aromatic N) is 1. The summed E-state index contributed by atoms with van der Waals surface area (Å²) in [6.07, 6.45) is 0.257. The fourth-order valence-electron chi connectivity index (χ4n) is 2.71. The maximum atomic E-state index is 12.2. The van der Waals surface area contributed by atoms with Gasteiger partial charge in [-0.15, -0.1) is 0 Å². The third-order valence-electron chi connectivity index (χ3n) is 4.01. The fraction of sp³-hybridized carbons (Fsp3) is 0.529. The molecule has 6 heteroatoms. The quantitative estimate of drug-likeness (QED) is 0.791. The van der Waals surface area contributed by atoms with Gasteiger partial charge in [-0.1, -0.05) is 6.92 Å². The lowest BCUT2D eigenvalue weighted by atomic mass is 10.1. The predicted octanol–water partition coefficient (Wildman–Crippen LogP) is 1.16. The molecule has 1 heterocycles. The first-order chi connectivity index (χ1) is 11.0. The van der Waals surface area contributed by atoms with Crippen molar-refractivity contribution in [3.05, 3.63) is 24.3 Å². The van der Waals surface area contributed by atoms with Crippen LogP contribution in [0.3, 0.4) is 0 Å². The van der Waals surface area contributed by atoms with E-state index < -0.39 is 0 Å². The molecule has 0 aliphatic carbocycles. The molecule has 1 fully saturated rings. The van der Waals surface area contributed by atoms with E-state index in [1.54, 1.807) is 12.0 Å². The van der Waals surface area contributed by atoms with Crippen molar-refractivity contribution >= 4 is 17.5 Å². The summed E-state index contributed by atoms with van der Waals surface area (Å²) in [5.74, 6) is 0.375. The highest BCUT2D eigenvalue weighted by molar-refractivity contribution is 6.00. The summed E-state index contributed by atoms with van der Waals surface area (Å²) in [7, 11) is 1.60. The number of rotatable bonds is 7. The summed E-state index contributed by atoms with van der Waals surface area (Å²) in [4.78, 5) is 26.1. The number of anilines is 1. The van der Waals surface area contributed by atoms with Crippen molar-refractivity contribution in [1.82, 2.24) is 10.6 Å². The third kappa shape index (κ3) is 4.45. The summed E-state index contributed by atoms with van der Waals surface area (Å²) in [5.41, 5.74) is 0.798. The van der Waals surface area contributed by atoms with Crippen molar-refractivity contribution in [2.45, 2.75) is 26.3 Å². The van der Waals surface area contributed by atoms with Gasteiger partial charge in [0, 0.05) is 31.2 Å². The summed E-state index contributed by atoms with van der Waals surface area (Å²) in [6, 6.07) is 7.52. The molecular formula is C17H25N3O3. The summed E-state index contributed by atoms with van der Waals surface area (Å²) < 4.78 is 5.12. The number of likely N-dealkylation sites (N-methyl/N-ethyl adjacent to an activating group) is 1. The second kappa shape index (κ2) is 7.97. The van der Waals surface area contributed by atoms with E-state index in [0.29, 0.717) is 13.1 Å². The van der Waals surface area contributed by atoms with Crippen molar-refractivity contribution in [2.75, 3.05) is 31.6 Å². The highest BCUT2D eigenvalue weighted by Gasteiger charge is 2.35. The zero-order chi connectivity index (χ0) is 16.8. The van der Waals surface area contributed by atoms with Gasteiger partial charge >= 0.3 is 0 Å². The molecule has 2 rings (SSSR count). The Morgan fingerprint density at radius 3 is 2.70 bits per heavy atom. The van der Waals surface area contributed by atoms with Crippen LogP contribution in [-0.4, -0.2) is 44.6 Å². The zero-order valence-corrected chi connectivity index (χ0v) is 14.0. The van der Waals surface area contributed by atoms with Crippen LogP contribution in [0.25, 0.3) is 0 Å². The number of carbonyl (C=O) groups excluding carboxylic acids is 2. The molecule has 1 unspecified atom stereocenters. The van der Waals surface area contributed by atoms with Gasteiger partial charge in [0.2, 0.25) is 11.8 Å². The maximum Gasteiger partial charge on any atom is 0.227 e. The highest BCUT2D eigenvalue weighted by atomic mass is 16.5. The molecule has 0 spiro atoms. The van der Waals surface area contributed by atoms with Crippen LogP contribution in [-0.2, 0) is 9.59 Å². The minimum absolute atomic E-state index is 0.0185. The van der Waals surface area contributed by atoms with Gasteiger partial charge < -0.3 is 20.3 Å². The molecule has 1 aliphatic heterocycles. The number of methoxy groups -OCH3 is 1. The first-order valence-corrected chi connectivity index (χ1v) is 8.00. The van der Waals surface area contributed by atoms with E-state index >= 15 is 0 Å². The second-order valence-corrected chi connectivity index (χ2v) is 5.81. The first kappa shape index (κ1) is 17.3. The van der Waals surface area contributed by atoms with Gasteiger partial charge in [0.25, 0.3) is 0 Å². The number of hydrogen-bond acceptors (Lipinski definition) is 4. The van der Waals surface area contributed by atoms with Crippen LogP contribution in [0.1, 0.15) is 20.3 Å². The van der Waals surface area contributed by atoms with E-state index in [4.69, 9.17) is 4.74 Å². The van der Waals surface area contributed by atoms with Crippen LogP contribution in [0.5, 0.6) is 5.75 Å². The van der Waals surface area contributed by atoms with Gasteiger partial charge in [-0.25, -0.2) is 0 Å². The van der Waals surface area contributed by atoms with Crippen molar-refractivity contribution in [3.8, 4) is 5.75 Å². The predicted molar refractivity (Wildman–Crippen MR) is 89.6 cm³/mol. The standard InChI is InChI=1S/C17H25N3O3/c1-4-18-12(2)10-19-17(22)13-9-16(21)20(11-13)14-5-7-15(23-3)8-6-14/h5-8,12-13,18H,4,9-11H2,1-3H3,(H,19,22)/t12-,13?/m1/s1. The number of ether oxygens (including phenoxy) is 1.